The molecular formula is C15H23NO3S. The second kappa shape index (κ2) is 6.14. The first-order valence-corrected chi connectivity index (χ1v) is 8.86. The first kappa shape index (κ1) is 15.3. The summed E-state index contributed by atoms with van der Waals surface area (Å²) < 4.78 is 28.6. The topological polar surface area (TPSA) is 69.4 Å². The standard InChI is InChI=1S/C15H23NO3S/c1-2-13-5-7-14(8-6-13)19-11-15(9-3-4-10-15)12-20(16,17)18/h5-8H,2-4,9-12H2,1H3,(H2,16,17,18). The van der Waals surface area contributed by atoms with Gasteiger partial charge in [-0.2, -0.15) is 0 Å². The fourth-order valence-electron chi connectivity index (χ4n) is 2.94. The molecule has 5 heteroatoms. The second-order valence-electron chi connectivity index (χ2n) is 5.80. The summed E-state index contributed by atoms with van der Waals surface area (Å²) >= 11 is 0. The quantitative estimate of drug-likeness (QED) is 0.877. The van der Waals surface area contributed by atoms with Gasteiger partial charge in [0.05, 0.1) is 12.4 Å². The molecule has 0 atom stereocenters. The SMILES string of the molecule is CCc1ccc(OCC2(CS(N)(=O)=O)CCCC2)cc1. The van der Waals surface area contributed by atoms with Gasteiger partial charge in [0.25, 0.3) is 0 Å². The van der Waals surface area contributed by atoms with Crippen LogP contribution in [0, 0.1) is 5.41 Å². The fraction of sp³-hybridized carbons (Fsp3) is 0.600. The summed E-state index contributed by atoms with van der Waals surface area (Å²) in [7, 11) is -3.46. The number of aryl methyl sites for hydroxylation is 1. The molecule has 0 spiro atoms. The van der Waals surface area contributed by atoms with E-state index in [4.69, 9.17) is 9.88 Å². The van der Waals surface area contributed by atoms with Crippen molar-refractivity contribution in [3.8, 4) is 5.75 Å². The zero-order valence-corrected chi connectivity index (χ0v) is 12.8. The molecule has 0 radical (unpaired) electrons. The predicted octanol–water partition coefficient (Wildman–Crippen LogP) is 2.48. The molecule has 1 aromatic carbocycles. The minimum atomic E-state index is -3.46. The smallest absolute Gasteiger partial charge is 0.209 e. The van der Waals surface area contributed by atoms with Crippen LogP contribution in [0.25, 0.3) is 0 Å². The zero-order valence-electron chi connectivity index (χ0n) is 12.0. The molecule has 0 bridgehead atoms. The van der Waals surface area contributed by atoms with Crippen LogP contribution in [0.2, 0.25) is 0 Å². The second-order valence-corrected chi connectivity index (χ2v) is 7.41. The Morgan fingerprint density at radius 3 is 2.30 bits per heavy atom. The van der Waals surface area contributed by atoms with Crippen molar-refractivity contribution in [2.75, 3.05) is 12.4 Å². The van der Waals surface area contributed by atoms with Gasteiger partial charge in [0.15, 0.2) is 0 Å². The summed E-state index contributed by atoms with van der Waals surface area (Å²) in [5, 5.41) is 5.22. The van der Waals surface area contributed by atoms with Crippen LogP contribution in [-0.2, 0) is 16.4 Å². The maximum atomic E-state index is 11.4. The van der Waals surface area contributed by atoms with E-state index >= 15 is 0 Å². The average molecular weight is 297 g/mol. The summed E-state index contributed by atoms with van der Waals surface area (Å²) in [4.78, 5) is 0. The van der Waals surface area contributed by atoms with Crippen molar-refractivity contribution in [2.45, 2.75) is 39.0 Å². The first-order chi connectivity index (χ1) is 9.42. The minimum Gasteiger partial charge on any atom is -0.493 e. The monoisotopic (exact) mass is 297 g/mol. The molecule has 2 rings (SSSR count). The molecular weight excluding hydrogens is 274 g/mol. The molecule has 1 aromatic rings. The van der Waals surface area contributed by atoms with Crippen LogP contribution in [0.15, 0.2) is 24.3 Å². The van der Waals surface area contributed by atoms with E-state index in [0.29, 0.717) is 6.61 Å². The molecule has 0 amide bonds. The molecule has 0 saturated heterocycles. The lowest BCUT2D eigenvalue weighted by molar-refractivity contribution is 0.170. The molecule has 1 fully saturated rings. The van der Waals surface area contributed by atoms with Crippen LogP contribution in [-0.4, -0.2) is 20.8 Å². The van der Waals surface area contributed by atoms with Crippen molar-refractivity contribution in [3.05, 3.63) is 29.8 Å². The van der Waals surface area contributed by atoms with E-state index < -0.39 is 10.0 Å². The van der Waals surface area contributed by atoms with Gasteiger partial charge in [-0.3, -0.25) is 0 Å². The molecule has 2 N–H and O–H groups in total. The minimum absolute atomic E-state index is 0.0209. The van der Waals surface area contributed by atoms with Crippen molar-refractivity contribution in [1.29, 1.82) is 0 Å². The Morgan fingerprint density at radius 2 is 1.80 bits per heavy atom. The number of primary sulfonamides is 1. The maximum Gasteiger partial charge on any atom is 0.209 e. The van der Waals surface area contributed by atoms with Crippen LogP contribution in [0.3, 0.4) is 0 Å². The molecule has 4 nitrogen and oxygen atoms in total. The maximum absolute atomic E-state index is 11.4. The Morgan fingerprint density at radius 1 is 1.20 bits per heavy atom. The molecule has 1 aliphatic carbocycles. The van der Waals surface area contributed by atoms with Gasteiger partial charge in [-0.1, -0.05) is 31.9 Å². The normalized spacial score (nSPS) is 18.1. The molecule has 0 aromatic heterocycles. The van der Waals surface area contributed by atoms with E-state index in [-0.39, 0.29) is 11.2 Å². The summed E-state index contributed by atoms with van der Waals surface area (Å²) in [6, 6.07) is 7.96. The third-order valence-electron chi connectivity index (χ3n) is 4.05. The van der Waals surface area contributed by atoms with Crippen molar-refractivity contribution in [3.63, 3.8) is 0 Å². The van der Waals surface area contributed by atoms with Crippen molar-refractivity contribution in [2.24, 2.45) is 10.6 Å². The Balaban J connectivity index is 2.01. The number of rotatable bonds is 6. The molecule has 1 saturated carbocycles. The Bertz CT molecular complexity index is 531. The summed E-state index contributed by atoms with van der Waals surface area (Å²) in [5.74, 6) is 0.815. The lowest BCUT2D eigenvalue weighted by atomic mass is 9.90. The van der Waals surface area contributed by atoms with E-state index in [1.54, 1.807) is 0 Å². The van der Waals surface area contributed by atoms with Gasteiger partial charge in [0.2, 0.25) is 10.0 Å². The van der Waals surface area contributed by atoms with E-state index in [1.807, 2.05) is 24.3 Å². The Kier molecular flexibility index (Phi) is 4.70. The van der Waals surface area contributed by atoms with Gasteiger partial charge in [-0.15, -0.1) is 0 Å². The average Bonchev–Trinajstić information content (AvgIpc) is 2.84. The predicted molar refractivity (Wildman–Crippen MR) is 80.2 cm³/mol. The van der Waals surface area contributed by atoms with Crippen LogP contribution < -0.4 is 9.88 Å². The highest BCUT2D eigenvalue weighted by molar-refractivity contribution is 7.89. The molecule has 0 aliphatic heterocycles. The Hall–Kier alpha value is -1.07. The van der Waals surface area contributed by atoms with Crippen molar-refractivity contribution in [1.82, 2.24) is 0 Å². The van der Waals surface area contributed by atoms with Gasteiger partial charge < -0.3 is 4.74 Å². The number of ether oxygens (including phenoxy) is 1. The number of nitrogens with two attached hydrogens (primary N) is 1. The van der Waals surface area contributed by atoms with Crippen LogP contribution >= 0.6 is 0 Å². The highest BCUT2D eigenvalue weighted by Gasteiger charge is 2.38. The molecule has 20 heavy (non-hydrogen) atoms. The Labute approximate surface area is 121 Å². The number of hydrogen-bond acceptors (Lipinski definition) is 3. The molecule has 0 heterocycles. The van der Waals surface area contributed by atoms with Gasteiger partial charge in [-0.05, 0) is 37.0 Å². The summed E-state index contributed by atoms with van der Waals surface area (Å²) in [6.45, 7) is 2.53. The van der Waals surface area contributed by atoms with Crippen LogP contribution in [0.1, 0.15) is 38.2 Å². The van der Waals surface area contributed by atoms with Gasteiger partial charge in [0.1, 0.15) is 5.75 Å². The fourth-order valence-corrected chi connectivity index (χ4v) is 4.17. The van der Waals surface area contributed by atoms with E-state index in [0.717, 1.165) is 37.9 Å². The van der Waals surface area contributed by atoms with Gasteiger partial charge in [0, 0.05) is 5.41 Å². The third-order valence-corrected chi connectivity index (χ3v) is 5.06. The van der Waals surface area contributed by atoms with E-state index in [9.17, 15) is 8.42 Å². The van der Waals surface area contributed by atoms with Crippen LogP contribution in [0.5, 0.6) is 5.75 Å². The molecule has 112 valence electrons. The number of benzene rings is 1. The molecule has 0 unspecified atom stereocenters. The third kappa shape index (κ3) is 4.21. The van der Waals surface area contributed by atoms with Crippen molar-refractivity contribution < 1.29 is 13.2 Å². The summed E-state index contributed by atoms with van der Waals surface area (Å²) in [5.41, 5.74) is 0.953. The van der Waals surface area contributed by atoms with E-state index in [1.165, 1.54) is 5.56 Å². The molecule has 1 aliphatic rings. The highest BCUT2D eigenvalue weighted by atomic mass is 32.2. The van der Waals surface area contributed by atoms with Gasteiger partial charge >= 0.3 is 0 Å². The lowest BCUT2D eigenvalue weighted by Gasteiger charge is -2.27. The van der Waals surface area contributed by atoms with Gasteiger partial charge in [-0.25, -0.2) is 13.6 Å². The first-order valence-electron chi connectivity index (χ1n) is 7.15. The summed E-state index contributed by atoms with van der Waals surface area (Å²) in [6.07, 6.45) is 4.84. The van der Waals surface area contributed by atoms with E-state index in [2.05, 4.69) is 6.92 Å². The number of sulfonamides is 1. The lowest BCUT2D eigenvalue weighted by Crippen LogP contribution is -2.36. The van der Waals surface area contributed by atoms with Crippen LogP contribution in [0.4, 0.5) is 0 Å². The largest absolute Gasteiger partial charge is 0.493 e. The zero-order chi connectivity index (χ0) is 14.6. The van der Waals surface area contributed by atoms with Crippen molar-refractivity contribution >= 4 is 10.0 Å². The highest BCUT2D eigenvalue weighted by Crippen LogP contribution is 2.39. The number of hydrogen-bond donors (Lipinski definition) is 1.